The van der Waals surface area contributed by atoms with Gasteiger partial charge in [-0.15, -0.1) is 0 Å². The summed E-state index contributed by atoms with van der Waals surface area (Å²) in [5.41, 5.74) is 5.67. The van der Waals surface area contributed by atoms with E-state index in [2.05, 4.69) is 6.92 Å². The van der Waals surface area contributed by atoms with Crippen LogP contribution in [0.4, 0.5) is 0 Å². The monoisotopic (exact) mass is 157 g/mol. The van der Waals surface area contributed by atoms with Crippen LogP contribution in [0.15, 0.2) is 0 Å². The molecule has 0 saturated heterocycles. The molecule has 0 aromatic carbocycles. The molecule has 0 heterocycles. The molecular weight excluding hydrogens is 138 g/mol. The summed E-state index contributed by atoms with van der Waals surface area (Å²) in [6, 6.07) is 0.252. The van der Waals surface area contributed by atoms with Crippen molar-refractivity contribution in [1.82, 2.24) is 0 Å². The van der Waals surface area contributed by atoms with E-state index < -0.39 is 0 Å². The van der Waals surface area contributed by atoms with Crippen molar-refractivity contribution in [2.45, 2.75) is 46.1 Å². The lowest BCUT2D eigenvalue weighted by Crippen LogP contribution is -2.24. The highest BCUT2D eigenvalue weighted by atomic mass is 16.1. The van der Waals surface area contributed by atoms with E-state index in [4.69, 9.17) is 5.73 Å². The molecule has 0 spiro atoms. The van der Waals surface area contributed by atoms with Gasteiger partial charge in [-0.05, 0) is 32.6 Å². The predicted molar refractivity (Wildman–Crippen MR) is 47.3 cm³/mol. The minimum absolute atomic E-state index is 0.252. The minimum Gasteiger partial charge on any atom is -0.328 e. The van der Waals surface area contributed by atoms with Crippen LogP contribution in [0.25, 0.3) is 0 Å². The number of carbonyl (C=O) groups excluding carboxylic acids is 1. The summed E-state index contributed by atoms with van der Waals surface area (Å²) in [5.74, 6) is 0.816. The Balaban J connectivity index is 3.31. The molecule has 2 unspecified atom stereocenters. The van der Waals surface area contributed by atoms with Crippen LogP contribution in [0.2, 0.25) is 0 Å². The van der Waals surface area contributed by atoms with E-state index in [1.54, 1.807) is 6.92 Å². The van der Waals surface area contributed by atoms with Crippen LogP contribution in [0.5, 0.6) is 0 Å². The molecule has 2 N–H and O–H groups in total. The van der Waals surface area contributed by atoms with Crippen LogP contribution in [0, 0.1) is 5.92 Å². The standard InChI is InChI=1S/C9H19NO/c1-7(9(3)10)5-4-6-8(2)11/h7,9H,4-6,10H2,1-3H3. The molecule has 0 aliphatic rings. The molecule has 0 aliphatic heterocycles. The number of Topliss-reactive ketones (excluding diaryl/α,β-unsaturated/α-hetero) is 1. The third-order valence-corrected chi connectivity index (χ3v) is 2.09. The van der Waals surface area contributed by atoms with Gasteiger partial charge in [-0.3, -0.25) is 0 Å². The Morgan fingerprint density at radius 3 is 2.36 bits per heavy atom. The second-order valence-corrected chi connectivity index (χ2v) is 3.43. The van der Waals surface area contributed by atoms with Gasteiger partial charge in [0.25, 0.3) is 0 Å². The number of hydrogen-bond acceptors (Lipinski definition) is 2. The normalized spacial score (nSPS) is 16.0. The maximum Gasteiger partial charge on any atom is 0.129 e. The Morgan fingerprint density at radius 2 is 2.00 bits per heavy atom. The van der Waals surface area contributed by atoms with Crippen molar-refractivity contribution in [3.8, 4) is 0 Å². The van der Waals surface area contributed by atoms with Crippen LogP contribution in [0.3, 0.4) is 0 Å². The van der Waals surface area contributed by atoms with E-state index in [1.807, 2.05) is 6.92 Å². The number of rotatable bonds is 5. The summed E-state index contributed by atoms with van der Waals surface area (Å²) in [6.45, 7) is 5.78. The fraction of sp³-hybridized carbons (Fsp3) is 0.889. The zero-order valence-electron chi connectivity index (χ0n) is 7.76. The molecule has 0 radical (unpaired) electrons. The third kappa shape index (κ3) is 6.05. The van der Waals surface area contributed by atoms with Gasteiger partial charge in [-0.2, -0.15) is 0 Å². The molecular formula is C9H19NO. The SMILES string of the molecule is CC(=O)CCCC(C)C(C)N. The Bertz CT molecular complexity index is 121. The van der Waals surface area contributed by atoms with E-state index in [-0.39, 0.29) is 11.8 Å². The Labute approximate surface area is 69.2 Å². The lowest BCUT2D eigenvalue weighted by atomic mass is 9.97. The fourth-order valence-corrected chi connectivity index (χ4v) is 0.936. The van der Waals surface area contributed by atoms with Crippen molar-refractivity contribution in [2.75, 3.05) is 0 Å². The molecule has 66 valence electrons. The largest absolute Gasteiger partial charge is 0.328 e. The van der Waals surface area contributed by atoms with Crippen LogP contribution in [0.1, 0.15) is 40.0 Å². The van der Waals surface area contributed by atoms with Gasteiger partial charge in [0.15, 0.2) is 0 Å². The Hall–Kier alpha value is -0.370. The highest BCUT2D eigenvalue weighted by Crippen LogP contribution is 2.10. The van der Waals surface area contributed by atoms with Gasteiger partial charge in [-0.1, -0.05) is 6.92 Å². The van der Waals surface area contributed by atoms with Crippen molar-refractivity contribution in [3.05, 3.63) is 0 Å². The van der Waals surface area contributed by atoms with Gasteiger partial charge < -0.3 is 10.5 Å². The highest BCUT2D eigenvalue weighted by Gasteiger charge is 2.06. The van der Waals surface area contributed by atoms with Crippen LogP contribution in [-0.4, -0.2) is 11.8 Å². The van der Waals surface area contributed by atoms with Crippen LogP contribution in [-0.2, 0) is 4.79 Å². The van der Waals surface area contributed by atoms with Crippen LogP contribution < -0.4 is 5.73 Å². The van der Waals surface area contributed by atoms with Gasteiger partial charge in [0.1, 0.15) is 5.78 Å². The lowest BCUT2D eigenvalue weighted by Gasteiger charge is -2.14. The first-order chi connectivity index (χ1) is 5.04. The average molecular weight is 157 g/mol. The van der Waals surface area contributed by atoms with Gasteiger partial charge in [-0.25, -0.2) is 0 Å². The zero-order valence-corrected chi connectivity index (χ0v) is 7.76. The first-order valence-electron chi connectivity index (χ1n) is 4.29. The Kier molecular flexibility index (Phi) is 5.12. The van der Waals surface area contributed by atoms with E-state index in [1.165, 1.54) is 0 Å². The van der Waals surface area contributed by atoms with Crippen molar-refractivity contribution in [3.63, 3.8) is 0 Å². The molecule has 11 heavy (non-hydrogen) atoms. The quantitative estimate of drug-likeness (QED) is 0.660. The minimum atomic E-state index is 0.252. The predicted octanol–water partition coefficient (Wildman–Crippen LogP) is 1.73. The second-order valence-electron chi connectivity index (χ2n) is 3.43. The number of hydrogen-bond donors (Lipinski definition) is 1. The summed E-state index contributed by atoms with van der Waals surface area (Å²) in [5, 5.41) is 0. The first-order valence-corrected chi connectivity index (χ1v) is 4.29. The van der Waals surface area contributed by atoms with Crippen molar-refractivity contribution in [2.24, 2.45) is 11.7 Å². The fourth-order valence-electron chi connectivity index (χ4n) is 0.936. The highest BCUT2D eigenvalue weighted by molar-refractivity contribution is 5.75. The number of ketones is 1. The maximum absolute atomic E-state index is 10.6. The summed E-state index contributed by atoms with van der Waals surface area (Å²) < 4.78 is 0. The van der Waals surface area contributed by atoms with Crippen molar-refractivity contribution >= 4 is 5.78 Å². The first kappa shape index (κ1) is 10.6. The summed E-state index contributed by atoms with van der Waals surface area (Å²) >= 11 is 0. The molecule has 0 aliphatic carbocycles. The van der Waals surface area contributed by atoms with Gasteiger partial charge in [0.2, 0.25) is 0 Å². The average Bonchev–Trinajstić information content (AvgIpc) is 1.86. The van der Waals surface area contributed by atoms with Gasteiger partial charge >= 0.3 is 0 Å². The summed E-state index contributed by atoms with van der Waals surface area (Å²) in [6.07, 6.45) is 2.76. The van der Waals surface area contributed by atoms with Crippen LogP contribution >= 0.6 is 0 Å². The van der Waals surface area contributed by atoms with Gasteiger partial charge in [0.05, 0.1) is 0 Å². The second kappa shape index (κ2) is 5.30. The maximum atomic E-state index is 10.6. The molecule has 0 rings (SSSR count). The molecule has 2 nitrogen and oxygen atoms in total. The molecule has 0 aromatic rings. The molecule has 0 saturated carbocycles. The van der Waals surface area contributed by atoms with E-state index >= 15 is 0 Å². The number of carbonyl (C=O) groups is 1. The molecule has 0 amide bonds. The third-order valence-electron chi connectivity index (χ3n) is 2.09. The van der Waals surface area contributed by atoms with E-state index in [0.29, 0.717) is 12.3 Å². The molecule has 0 fully saturated rings. The van der Waals surface area contributed by atoms with Crippen molar-refractivity contribution < 1.29 is 4.79 Å². The molecule has 0 aromatic heterocycles. The van der Waals surface area contributed by atoms with E-state index in [0.717, 1.165) is 12.8 Å². The molecule has 2 atom stereocenters. The van der Waals surface area contributed by atoms with Crippen molar-refractivity contribution in [1.29, 1.82) is 0 Å². The molecule has 2 heteroatoms. The smallest absolute Gasteiger partial charge is 0.129 e. The number of nitrogens with two attached hydrogens (primary N) is 1. The molecule has 0 bridgehead atoms. The van der Waals surface area contributed by atoms with Gasteiger partial charge in [0, 0.05) is 12.5 Å². The summed E-state index contributed by atoms with van der Waals surface area (Å²) in [4.78, 5) is 10.6. The van der Waals surface area contributed by atoms with E-state index in [9.17, 15) is 4.79 Å². The summed E-state index contributed by atoms with van der Waals surface area (Å²) in [7, 11) is 0. The topological polar surface area (TPSA) is 43.1 Å². The zero-order chi connectivity index (χ0) is 8.85. The Morgan fingerprint density at radius 1 is 1.45 bits per heavy atom. The lowest BCUT2D eigenvalue weighted by molar-refractivity contribution is -0.117.